The van der Waals surface area contributed by atoms with Crippen molar-refractivity contribution in [1.82, 2.24) is 14.5 Å². The molecule has 0 bridgehead atoms. The third kappa shape index (κ3) is 2.01. The van der Waals surface area contributed by atoms with Gasteiger partial charge in [0.15, 0.2) is 5.65 Å². The predicted molar refractivity (Wildman–Crippen MR) is 74.9 cm³/mol. The molecule has 5 heteroatoms. The van der Waals surface area contributed by atoms with Crippen molar-refractivity contribution in [1.29, 1.82) is 0 Å². The van der Waals surface area contributed by atoms with Gasteiger partial charge in [-0.15, -0.1) is 0 Å². The molecule has 0 unspecified atom stereocenters. The van der Waals surface area contributed by atoms with Gasteiger partial charge >= 0.3 is 0 Å². The summed E-state index contributed by atoms with van der Waals surface area (Å²) in [6.07, 6.45) is 2.59. The number of phenolic OH excluding ortho intramolecular Hbond substituents is 1. The Morgan fingerprint density at radius 2 is 2.15 bits per heavy atom. The van der Waals surface area contributed by atoms with Crippen LogP contribution in [-0.2, 0) is 6.54 Å². The molecule has 3 aromatic rings. The van der Waals surface area contributed by atoms with Crippen molar-refractivity contribution >= 4 is 11.2 Å². The molecular weight excluding hydrogens is 257 g/mol. The van der Waals surface area contributed by atoms with E-state index in [1.807, 2.05) is 17.6 Å². The van der Waals surface area contributed by atoms with Crippen molar-refractivity contribution in [3.8, 4) is 17.1 Å². The summed E-state index contributed by atoms with van der Waals surface area (Å²) >= 11 is 0. The number of fused-ring (bicyclic) bond motifs is 1. The van der Waals surface area contributed by atoms with Crippen molar-refractivity contribution in [3.63, 3.8) is 0 Å². The first kappa shape index (κ1) is 12.6. The Hall–Kier alpha value is -2.43. The van der Waals surface area contributed by atoms with Crippen LogP contribution < -0.4 is 0 Å². The second-order valence-corrected chi connectivity index (χ2v) is 4.59. The number of hydrogen-bond acceptors (Lipinski definition) is 3. The van der Waals surface area contributed by atoms with Gasteiger partial charge in [-0.2, -0.15) is 0 Å². The van der Waals surface area contributed by atoms with E-state index in [4.69, 9.17) is 0 Å². The normalized spacial score (nSPS) is 11.1. The van der Waals surface area contributed by atoms with Crippen LogP contribution in [0.3, 0.4) is 0 Å². The first-order chi connectivity index (χ1) is 9.70. The zero-order valence-corrected chi connectivity index (χ0v) is 11.0. The van der Waals surface area contributed by atoms with Gasteiger partial charge in [-0.05, 0) is 36.8 Å². The second-order valence-electron chi connectivity index (χ2n) is 4.59. The summed E-state index contributed by atoms with van der Waals surface area (Å²) < 4.78 is 15.3. The minimum absolute atomic E-state index is 0.0130. The van der Waals surface area contributed by atoms with Gasteiger partial charge in [-0.3, -0.25) is 0 Å². The molecule has 0 fully saturated rings. The lowest BCUT2D eigenvalue weighted by atomic mass is 10.2. The first-order valence-electron chi connectivity index (χ1n) is 6.51. The van der Waals surface area contributed by atoms with E-state index >= 15 is 0 Å². The summed E-state index contributed by atoms with van der Waals surface area (Å²) in [7, 11) is 0. The lowest BCUT2D eigenvalue weighted by molar-refractivity contribution is 0.474. The Bertz CT molecular complexity index is 767. The Kier molecular flexibility index (Phi) is 3.10. The van der Waals surface area contributed by atoms with E-state index in [0.717, 1.165) is 17.6 Å². The number of halogens is 1. The second kappa shape index (κ2) is 4.92. The predicted octanol–water partition coefficient (Wildman–Crippen LogP) is 3.35. The maximum absolute atomic E-state index is 13.4. The Morgan fingerprint density at radius 1 is 1.30 bits per heavy atom. The van der Waals surface area contributed by atoms with Crippen molar-refractivity contribution in [2.75, 3.05) is 0 Å². The van der Waals surface area contributed by atoms with Gasteiger partial charge in [0.05, 0.1) is 5.56 Å². The van der Waals surface area contributed by atoms with Crippen molar-refractivity contribution in [2.45, 2.75) is 19.9 Å². The maximum atomic E-state index is 13.4. The highest BCUT2D eigenvalue weighted by atomic mass is 19.1. The number of aryl methyl sites for hydroxylation is 1. The van der Waals surface area contributed by atoms with Crippen LogP contribution in [0.15, 0.2) is 36.5 Å². The summed E-state index contributed by atoms with van der Waals surface area (Å²) in [6.45, 7) is 2.75. The molecule has 2 heterocycles. The molecule has 0 aliphatic rings. The zero-order chi connectivity index (χ0) is 14.1. The zero-order valence-electron chi connectivity index (χ0n) is 11.0. The molecule has 0 saturated carbocycles. The van der Waals surface area contributed by atoms with Crippen LogP contribution in [-0.4, -0.2) is 19.6 Å². The molecule has 4 nitrogen and oxygen atoms in total. The molecule has 2 aromatic heterocycles. The monoisotopic (exact) mass is 271 g/mol. The molecule has 0 radical (unpaired) electrons. The van der Waals surface area contributed by atoms with E-state index in [1.54, 1.807) is 12.3 Å². The average molecular weight is 271 g/mol. The number of nitrogens with zero attached hydrogens (tertiary/aromatic N) is 3. The summed E-state index contributed by atoms with van der Waals surface area (Å²) in [4.78, 5) is 8.80. The van der Waals surface area contributed by atoms with E-state index < -0.39 is 5.82 Å². The first-order valence-corrected chi connectivity index (χ1v) is 6.51. The summed E-state index contributed by atoms with van der Waals surface area (Å²) in [5.74, 6) is 0.150. The molecular formula is C15H14FN3O. The molecule has 0 amide bonds. The highest BCUT2D eigenvalue weighted by Gasteiger charge is 2.16. The molecule has 102 valence electrons. The van der Waals surface area contributed by atoms with E-state index in [9.17, 15) is 9.50 Å². The summed E-state index contributed by atoms with van der Waals surface area (Å²) in [6, 6.07) is 7.52. The van der Waals surface area contributed by atoms with Gasteiger partial charge in [0.25, 0.3) is 0 Å². The lowest BCUT2D eigenvalue weighted by Gasteiger charge is -2.08. The fourth-order valence-corrected chi connectivity index (χ4v) is 2.29. The molecule has 0 saturated heterocycles. The van der Waals surface area contributed by atoms with Crippen LogP contribution in [0.1, 0.15) is 13.3 Å². The summed E-state index contributed by atoms with van der Waals surface area (Å²) in [5.41, 5.74) is 1.86. The van der Waals surface area contributed by atoms with E-state index in [1.165, 1.54) is 18.2 Å². The Balaban J connectivity index is 2.29. The summed E-state index contributed by atoms with van der Waals surface area (Å²) in [5, 5.41) is 9.97. The lowest BCUT2D eigenvalue weighted by Crippen LogP contribution is -2.01. The molecule has 0 aliphatic carbocycles. The highest BCUT2D eigenvalue weighted by molar-refractivity contribution is 5.78. The molecule has 20 heavy (non-hydrogen) atoms. The number of imidazole rings is 1. The van der Waals surface area contributed by atoms with Crippen LogP contribution in [0.5, 0.6) is 5.75 Å². The number of benzene rings is 1. The number of aromatic nitrogens is 3. The van der Waals surface area contributed by atoms with Crippen LogP contribution in [0.2, 0.25) is 0 Å². The largest absolute Gasteiger partial charge is 0.507 e. The van der Waals surface area contributed by atoms with E-state index in [0.29, 0.717) is 17.9 Å². The van der Waals surface area contributed by atoms with Gasteiger partial charge in [0, 0.05) is 12.7 Å². The molecule has 0 atom stereocenters. The van der Waals surface area contributed by atoms with E-state index in [-0.39, 0.29) is 5.75 Å². The smallest absolute Gasteiger partial charge is 0.160 e. The maximum Gasteiger partial charge on any atom is 0.160 e. The van der Waals surface area contributed by atoms with Crippen molar-refractivity contribution in [3.05, 3.63) is 42.3 Å². The number of phenols is 1. The molecule has 1 N–H and O–H groups in total. The van der Waals surface area contributed by atoms with Crippen molar-refractivity contribution in [2.24, 2.45) is 0 Å². The number of aromatic hydroxyl groups is 1. The topological polar surface area (TPSA) is 50.9 Å². The Labute approximate surface area is 115 Å². The van der Waals surface area contributed by atoms with Crippen LogP contribution in [0, 0.1) is 5.82 Å². The molecule has 0 aliphatic heterocycles. The fraction of sp³-hybridized carbons (Fsp3) is 0.200. The van der Waals surface area contributed by atoms with E-state index in [2.05, 4.69) is 9.97 Å². The minimum Gasteiger partial charge on any atom is -0.507 e. The van der Waals surface area contributed by atoms with Crippen molar-refractivity contribution < 1.29 is 9.50 Å². The number of rotatable bonds is 3. The molecule has 3 rings (SSSR count). The number of hydrogen-bond donors (Lipinski definition) is 1. The third-order valence-electron chi connectivity index (χ3n) is 3.15. The van der Waals surface area contributed by atoms with Crippen LogP contribution >= 0.6 is 0 Å². The van der Waals surface area contributed by atoms with Crippen LogP contribution in [0.25, 0.3) is 22.6 Å². The molecule has 1 aromatic carbocycles. The minimum atomic E-state index is -0.402. The van der Waals surface area contributed by atoms with Gasteiger partial charge < -0.3 is 9.67 Å². The van der Waals surface area contributed by atoms with Gasteiger partial charge in [-0.25, -0.2) is 14.4 Å². The number of pyridine rings is 1. The highest BCUT2D eigenvalue weighted by Crippen LogP contribution is 2.31. The van der Waals surface area contributed by atoms with Gasteiger partial charge in [0.1, 0.15) is 22.9 Å². The average Bonchev–Trinajstić information content (AvgIpc) is 2.81. The molecule has 0 spiro atoms. The Morgan fingerprint density at radius 3 is 2.95 bits per heavy atom. The standard InChI is InChI=1S/C15H14FN3O/c1-2-8-19-14(11-9-10(16)5-6-13(11)20)18-12-4-3-7-17-15(12)19/h3-7,9,20H,2,8H2,1H3. The van der Waals surface area contributed by atoms with Crippen LogP contribution in [0.4, 0.5) is 4.39 Å². The fourth-order valence-electron chi connectivity index (χ4n) is 2.29. The SMILES string of the molecule is CCCn1c(-c2cc(F)ccc2O)nc2cccnc21. The van der Waals surface area contributed by atoms with Gasteiger partial charge in [-0.1, -0.05) is 6.92 Å². The third-order valence-corrected chi connectivity index (χ3v) is 3.15. The quantitative estimate of drug-likeness (QED) is 0.794. The van der Waals surface area contributed by atoms with Gasteiger partial charge in [0.2, 0.25) is 0 Å².